The minimum absolute atomic E-state index is 0.0979. The highest BCUT2D eigenvalue weighted by Crippen LogP contribution is 2.29. The Morgan fingerprint density at radius 2 is 1.86 bits per heavy atom. The molecule has 0 aliphatic carbocycles. The summed E-state index contributed by atoms with van der Waals surface area (Å²) in [5.74, 6) is -0.847. The van der Waals surface area contributed by atoms with Crippen LogP contribution in [0.3, 0.4) is 0 Å². The summed E-state index contributed by atoms with van der Waals surface area (Å²) in [6.07, 6.45) is 2.40. The second-order valence-corrected chi connectivity index (χ2v) is 6.67. The fourth-order valence-electron chi connectivity index (χ4n) is 2.28. The number of piperidine rings is 1. The summed E-state index contributed by atoms with van der Waals surface area (Å²) in [5, 5.41) is 11.1. The van der Waals surface area contributed by atoms with E-state index in [0.717, 1.165) is 31.4 Å². The molecule has 21 heavy (non-hydrogen) atoms. The van der Waals surface area contributed by atoms with Crippen LogP contribution < -0.4 is 5.73 Å². The van der Waals surface area contributed by atoms with Gasteiger partial charge in [-0.05, 0) is 25.0 Å². The van der Waals surface area contributed by atoms with Crippen LogP contribution >= 0.6 is 0 Å². The van der Waals surface area contributed by atoms with Gasteiger partial charge < -0.3 is 5.73 Å². The third-order valence-corrected chi connectivity index (χ3v) is 5.32. The van der Waals surface area contributed by atoms with Crippen LogP contribution in [-0.2, 0) is 10.0 Å². The highest BCUT2D eigenvalue weighted by molar-refractivity contribution is 7.89. The summed E-state index contributed by atoms with van der Waals surface area (Å²) in [6, 6.07) is 3.16. The van der Waals surface area contributed by atoms with E-state index < -0.39 is 31.4 Å². The van der Waals surface area contributed by atoms with Gasteiger partial charge in [0.1, 0.15) is 0 Å². The quantitative estimate of drug-likeness (QED) is 0.652. The van der Waals surface area contributed by atoms with Gasteiger partial charge in [0.25, 0.3) is 5.69 Å². The highest BCUT2D eigenvalue weighted by Gasteiger charge is 2.32. The molecule has 1 fully saturated rings. The van der Waals surface area contributed by atoms with Crippen LogP contribution in [0.5, 0.6) is 0 Å². The van der Waals surface area contributed by atoms with Crippen molar-refractivity contribution in [1.29, 1.82) is 0 Å². The standard InChI is InChI=1S/C12H15N3O5S/c13-12(16)9-4-5-11(10(8-9)15(17)18)21(19,20)14-6-2-1-3-7-14/h4-5,8H,1-3,6-7H2,(H2,13,16). The molecule has 1 saturated heterocycles. The normalized spacial score (nSPS) is 16.6. The Morgan fingerprint density at radius 1 is 1.24 bits per heavy atom. The second-order valence-electron chi connectivity index (χ2n) is 4.77. The molecule has 0 unspecified atom stereocenters. The zero-order valence-electron chi connectivity index (χ0n) is 11.2. The monoisotopic (exact) mass is 313 g/mol. The van der Waals surface area contributed by atoms with Crippen molar-refractivity contribution >= 4 is 21.6 Å². The lowest BCUT2D eigenvalue weighted by atomic mass is 10.2. The molecule has 1 aromatic carbocycles. The molecule has 0 aromatic heterocycles. The zero-order valence-corrected chi connectivity index (χ0v) is 12.0. The fourth-order valence-corrected chi connectivity index (χ4v) is 3.93. The number of nitro benzene ring substituents is 1. The molecular formula is C12H15N3O5S. The number of nitrogens with two attached hydrogens (primary N) is 1. The Hall–Kier alpha value is -2.00. The van der Waals surface area contributed by atoms with E-state index in [0.29, 0.717) is 13.1 Å². The summed E-state index contributed by atoms with van der Waals surface area (Å²) in [6.45, 7) is 0.689. The first kappa shape index (κ1) is 15.4. The summed E-state index contributed by atoms with van der Waals surface area (Å²) in [4.78, 5) is 21.0. The van der Waals surface area contributed by atoms with Gasteiger partial charge in [-0.3, -0.25) is 14.9 Å². The molecule has 1 aromatic rings. The number of nitrogens with zero attached hydrogens (tertiary/aromatic N) is 2. The van der Waals surface area contributed by atoms with Gasteiger partial charge in [-0.1, -0.05) is 6.42 Å². The molecule has 1 aliphatic rings. The maximum Gasteiger partial charge on any atom is 0.290 e. The van der Waals surface area contributed by atoms with E-state index in [1.54, 1.807) is 0 Å². The van der Waals surface area contributed by atoms with Gasteiger partial charge in [0.15, 0.2) is 4.90 Å². The lowest BCUT2D eigenvalue weighted by Crippen LogP contribution is -2.36. The Labute approximate surface area is 121 Å². The highest BCUT2D eigenvalue weighted by atomic mass is 32.2. The van der Waals surface area contributed by atoms with Gasteiger partial charge in [-0.15, -0.1) is 0 Å². The number of hydrogen-bond acceptors (Lipinski definition) is 5. The lowest BCUT2D eigenvalue weighted by molar-refractivity contribution is -0.387. The Morgan fingerprint density at radius 3 is 2.38 bits per heavy atom. The molecule has 1 amide bonds. The maximum absolute atomic E-state index is 12.5. The topological polar surface area (TPSA) is 124 Å². The van der Waals surface area contributed by atoms with Crippen molar-refractivity contribution in [1.82, 2.24) is 4.31 Å². The Kier molecular flexibility index (Phi) is 4.24. The molecule has 9 heteroatoms. The summed E-state index contributed by atoms with van der Waals surface area (Å²) in [7, 11) is -3.94. The van der Waals surface area contributed by atoms with E-state index in [1.165, 1.54) is 10.4 Å². The van der Waals surface area contributed by atoms with Gasteiger partial charge in [-0.2, -0.15) is 4.31 Å². The minimum Gasteiger partial charge on any atom is -0.366 e. The van der Waals surface area contributed by atoms with Crippen LogP contribution in [0.1, 0.15) is 29.6 Å². The van der Waals surface area contributed by atoms with Crippen molar-refractivity contribution in [3.05, 3.63) is 33.9 Å². The van der Waals surface area contributed by atoms with Crippen LogP contribution in [0.25, 0.3) is 0 Å². The SMILES string of the molecule is NC(=O)c1ccc(S(=O)(=O)N2CCCCC2)c([N+](=O)[O-])c1. The first-order valence-electron chi connectivity index (χ1n) is 6.42. The average Bonchev–Trinajstić information content (AvgIpc) is 2.47. The third kappa shape index (κ3) is 3.03. The van der Waals surface area contributed by atoms with E-state index >= 15 is 0 Å². The summed E-state index contributed by atoms with van der Waals surface area (Å²) < 4.78 is 26.2. The van der Waals surface area contributed by atoms with Crippen LogP contribution in [0.2, 0.25) is 0 Å². The van der Waals surface area contributed by atoms with E-state index in [9.17, 15) is 23.3 Å². The van der Waals surface area contributed by atoms with Gasteiger partial charge >= 0.3 is 0 Å². The molecule has 0 spiro atoms. The Bertz CT molecular complexity index is 680. The van der Waals surface area contributed by atoms with E-state index in [2.05, 4.69) is 0 Å². The number of sulfonamides is 1. The largest absolute Gasteiger partial charge is 0.366 e. The molecule has 2 N–H and O–H groups in total. The van der Waals surface area contributed by atoms with Gasteiger partial charge in [0, 0.05) is 24.7 Å². The number of benzene rings is 1. The van der Waals surface area contributed by atoms with Crippen molar-refractivity contribution in [3.8, 4) is 0 Å². The van der Waals surface area contributed by atoms with Crippen molar-refractivity contribution in [2.45, 2.75) is 24.2 Å². The van der Waals surface area contributed by atoms with E-state index in [-0.39, 0.29) is 5.56 Å². The van der Waals surface area contributed by atoms with Crippen molar-refractivity contribution in [2.24, 2.45) is 5.73 Å². The molecule has 0 bridgehead atoms. The van der Waals surface area contributed by atoms with Crippen LogP contribution in [0.15, 0.2) is 23.1 Å². The van der Waals surface area contributed by atoms with Gasteiger partial charge in [0.2, 0.25) is 15.9 Å². The van der Waals surface area contributed by atoms with Crippen LogP contribution in [-0.4, -0.2) is 36.6 Å². The summed E-state index contributed by atoms with van der Waals surface area (Å²) >= 11 is 0. The predicted octanol–water partition coefficient (Wildman–Crippen LogP) is 0.868. The number of hydrogen-bond donors (Lipinski definition) is 1. The molecule has 8 nitrogen and oxygen atoms in total. The molecule has 0 atom stereocenters. The molecular weight excluding hydrogens is 298 g/mol. The molecule has 1 aliphatic heterocycles. The van der Waals surface area contributed by atoms with E-state index in [1.807, 2.05) is 0 Å². The minimum atomic E-state index is -3.94. The van der Waals surface area contributed by atoms with E-state index in [4.69, 9.17) is 5.73 Å². The third-order valence-electron chi connectivity index (χ3n) is 3.37. The molecule has 1 heterocycles. The van der Waals surface area contributed by atoms with Gasteiger partial charge in [0.05, 0.1) is 4.92 Å². The average molecular weight is 313 g/mol. The Balaban J connectivity index is 2.51. The van der Waals surface area contributed by atoms with Crippen molar-refractivity contribution in [3.63, 3.8) is 0 Å². The number of carbonyl (C=O) groups is 1. The fraction of sp³-hybridized carbons (Fsp3) is 0.417. The lowest BCUT2D eigenvalue weighted by Gasteiger charge is -2.25. The molecule has 0 saturated carbocycles. The first-order valence-corrected chi connectivity index (χ1v) is 7.86. The zero-order chi connectivity index (χ0) is 15.6. The second kappa shape index (κ2) is 5.78. The van der Waals surface area contributed by atoms with Gasteiger partial charge in [-0.25, -0.2) is 8.42 Å². The smallest absolute Gasteiger partial charge is 0.290 e. The van der Waals surface area contributed by atoms with Crippen molar-refractivity contribution in [2.75, 3.05) is 13.1 Å². The number of nitro groups is 1. The number of amides is 1. The summed E-state index contributed by atoms with van der Waals surface area (Å²) in [5.41, 5.74) is 4.34. The van der Waals surface area contributed by atoms with Crippen LogP contribution in [0, 0.1) is 10.1 Å². The number of carbonyl (C=O) groups excluding carboxylic acids is 1. The van der Waals surface area contributed by atoms with Crippen molar-refractivity contribution < 1.29 is 18.1 Å². The molecule has 114 valence electrons. The maximum atomic E-state index is 12.5. The predicted molar refractivity (Wildman–Crippen MR) is 74.2 cm³/mol. The molecule has 0 radical (unpaired) electrons. The van der Waals surface area contributed by atoms with Crippen LogP contribution in [0.4, 0.5) is 5.69 Å². The number of primary amides is 1. The molecule has 2 rings (SSSR count). The first-order chi connectivity index (χ1) is 9.84. The number of rotatable bonds is 4.